The zero-order valence-corrected chi connectivity index (χ0v) is 15.6. The molecule has 1 saturated carbocycles. The summed E-state index contributed by atoms with van der Waals surface area (Å²) in [6.07, 6.45) is 1.74. The normalized spacial score (nSPS) is 15.4. The summed E-state index contributed by atoms with van der Waals surface area (Å²) >= 11 is 0. The number of nitrogens with zero attached hydrogens (tertiary/aromatic N) is 1. The second kappa shape index (κ2) is 6.82. The van der Waals surface area contributed by atoms with E-state index in [4.69, 9.17) is 5.73 Å². The summed E-state index contributed by atoms with van der Waals surface area (Å²) in [5.41, 5.74) is 6.69. The van der Waals surface area contributed by atoms with Gasteiger partial charge in [0.2, 0.25) is 10.0 Å². The summed E-state index contributed by atoms with van der Waals surface area (Å²) in [4.78, 5) is 14.5. The zero-order chi connectivity index (χ0) is 18.1. The molecule has 1 aliphatic rings. The van der Waals surface area contributed by atoms with Gasteiger partial charge in [-0.1, -0.05) is 19.9 Å². The van der Waals surface area contributed by atoms with Gasteiger partial charge in [-0.2, -0.15) is 0 Å². The van der Waals surface area contributed by atoms with Crippen LogP contribution in [0.25, 0.3) is 0 Å². The summed E-state index contributed by atoms with van der Waals surface area (Å²) in [5.74, 6) is -0.197. The number of aryl methyl sites for hydroxylation is 1. The average Bonchev–Trinajstić information content (AvgIpc) is 3.29. The lowest BCUT2D eigenvalue weighted by atomic mass is 9.93. The number of nitrogens with two attached hydrogens (primary N) is 1. The molecule has 1 fully saturated rings. The Morgan fingerprint density at radius 2 is 2.00 bits per heavy atom. The number of benzene rings is 1. The first kappa shape index (κ1) is 18.9. The summed E-state index contributed by atoms with van der Waals surface area (Å²) < 4.78 is 27.4. The van der Waals surface area contributed by atoms with Gasteiger partial charge < -0.3 is 10.6 Å². The van der Waals surface area contributed by atoms with Gasteiger partial charge in [0.05, 0.1) is 4.90 Å². The topological polar surface area (TPSA) is 92.5 Å². The lowest BCUT2D eigenvalue weighted by molar-refractivity contribution is 0.0739. The molecular formula is C17H27N3O3S. The smallest absolute Gasteiger partial charge is 0.253 e. The molecule has 6 nitrogen and oxygen atoms in total. The standard InChI is InChI=1S/C17H27N3O3S/c1-12-5-8-14(24(22,23)19-13-6-7-13)9-15(12)16(21)20(4)11-17(2,3)10-18/h5,8-9,13,19H,6-7,10-11,18H2,1-4H3. The number of rotatable bonds is 7. The Morgan fingerprint density at radius 3 is 2.54 bits per heavy atom. The molecular weight excluding hydrogens is 326 g/mol. The summed E-state index contributed by atoms with van der Waals surface area (Å²) in [5, 5.41) is 0. The number of amides is 1. The molecule has 0 aromatic heterocycles. The van der Waals surface area contributed by atoms with Gasteiger partial charge >= 0.3 is 0 Å². The maximum Gasteiger partial charge on any atom is 0.253 e. The van der Waals surface area contributed by atoms with Gasteiger partial charge in [0.15, 0.2) is 0 Å². The Labute approximate surface area is 144 Å². The van der Waals surface area contributed by atoms with Crippen LogP contribution in [0.15, 0.2) is 23.1 Å². The third-order valence-corrected chi connectivity index (χ3v) is 5.73. The Hall–Kier alpha value is -1.44. The molecule has 0 spiro atoms. The second-order valence-corrected chi connectivity index (χ2v) is 9.12. The molecule has 0 atom stereocenters. The van der Waals surface area contributed by atoms with E-state index in [9.17, 15) is 13.2 Å². The van der Waals surface area contributed by atoms with Crippen LogP contribution in [0.4, 0.5) is 0 Å². The Kier molecular flexibility index (Phi) is 5.37. The first-order valence-corrected chi connectivity index (χ1v) is 9.62. The van der Waals surface area contributed by atoms with E-state index in [0.717, 1.165) is 18.4 Å². The van der Waals surface area contributed by atoms with E-state index in [-0.39, 0.29) is 22.3 Å². The molecule has 7 heteroatoms. The molecule has 1 amide bonds. The van der Waals surface area contributed by atoms with Crippen molar-refractivity contribution in [3.8, 4) is 0 Å². The van der Waals surface area contributed by atoms with Crippen LogP contribution < -0.4 is 10.5 Å². The SMILES string of the molecule is Cc1ccc(S(=O)(=O)NC2CC2)cc1C(=O)N(C)CC(C)(C)CN. The summed E-state index contributed by atoms with van der Waals surface area (Å²) in [7, 11) is -1.86. The van der Waals surface area contributed by atoms with E-state index >= 15 is 0 Å². The Morgan fingerprint density at radius 1 is 1.38 bits per heavy atom. The minimum absolute atomic E-state index is 0.0310. The molecule has 1 aliphatic carbocycles. The largest absolute Gasteiger partial charge is 0.341 e. The van der Waals surface area contributed by atoms with Gasteiger partial charge in [-0.05, 0) is 49.4 Å². The van der Waals surface area contributed by atoms with Crippen LogP contribution in [0.3, 0.4) is 0 Å². The number of sulfonamides is 1. The molecule has 0 bridgehead atoms. The summed E-state index contributed by atoms with van der Waals surface area (Å²) in [6, 6.07) is 4.72. The van der Waals surface area contributed by atoms with Crippen LogP contribution in [0.5, 0.6) is 0 Å². The number of carbonyl (C=O) groups excluding carboxylic acids is 1. The highest BCUT2D eigenvalue weighted by molar-refractivity contribution is 7.89. The van der Waals surface area contributed by atoms with E-state index in [1.165, 1.54) is 6.07 Å². The quantitative estimate of drug-likeness (QED) is 0.777. The highest BCUT2D eigenvalue weighted by atomic mass is 32.2. The number of nitrogens with one attached hydrogen (secondary N) is 1. The number of carbonyl (C=O) groups is 1. The van der Waals surface area contributed by atoms with Crippen LogP contribution in [-0.2, 0) is 10.0 Å². The van der Waals surface area contributed by atoms with Crippen molar-refractivity contribution in [1.82, 2.24) is 9.62 Å². The van der Waals surface area contributed by atoms with Crippen molar-refractivity contribution in [3.05, 3.63) is 29.3 Å². The maximum atomic E-state index is 12.7. The van der Waals surface area contributed by atoms with Crippen LogP contribution in [0.1, 0.15) is 42.6 Å². The van der Waals surface area contributed by atoms with E-state index in [2.05, 4.69) is 4.72 Å². The zero-order valence-electron chi connectivity index (χ0n) is 14.8. The second-order valence-electron chi connectivity index (χ2n) is 7.40. The van der Waals surface area contributed by atoms with Gasteiger partial charge in [0.25, 0.3) is 5.91 Å². The van der Waals surface area contributed by atoms with Crippen LogP contribution >= 0.6 is 0 Å². The average molecular weight is 353 g/mol. The van der Waals surface area contributed by atoms with Crippen molar-refractivity contribution in [2.45, 2.75) is 44.6 Å². The van der Waals surface area contributed by atoms with Crippen molar-refractivity contribution in [2.24, 2.45) is 11.1 Å². The lowest BCUT2D eigenvalue weighted by Crippen LogP contribution is -2.40. The van der Waals surface area contributed by atoms with E-state index < -0.39 is 10.0 Å². The van der Waals surface area contributed by atoms with Crippen LogP contribution in [-0.4, -0.2) is 45.4 Å². The number of hydrogen-bond acceptors (Lipinski definition) is 4. The highest BCUT2D eigenvalue weighted by Crippen LogP contribution is 2.24. The fourth-order valence-corrected chi connectivity index (χ4v) is 3.80. The van der Waals surface area contributed by atoms with Gasteiger partial charge in [-0.25, -0.2) is 13.1 Å². The fraction of sp³-hybridized carbons (Fsp3) is 0.588. The minimum atomic E-state index is -3.58. The minimum Gasteiger partial charge on any atom is -0.341 e. The molecule has 0 radical (unpaired) electrons. The first-order chi connectivity index (χ1) is 11.1. The molecule has 1 aromatic rings. The van der Waals surface area contributed by atoms with Crippen LogP contribution in [0.2, 0.25) is 0 Å². The van der Waals surface area contributed by atoms with Crippen molar-refractivity contribution < 1.29 is 13.2 Å². The summed E-state index contributed by atoms with van der Waals surface area (Å²) in [6.45, 7) is 6.75. The van der Waals surface area contributed by atoms with Crippen molar-refractivity contribution in [3.63, 3.8) is 0 Å². The molecule has 0 aliphatic heterocycles. The van der Waals surface area contributed by atoms with Gasteiger partial charge in [-0.3, -0.25) is 4.79 Å². The monoisotopic (exact) mass is 353 g/mol. The number of hydrogen-bond donors (Lipinski definition) is 2. The molecule has 2 rings (SSSR count). The molecule has 3 N–H and O–H groups in total. The van der Waals surface area contributed by atoms with Crippen molar-refractivity contribution >= 4 is 15.9 Å². The van der Waals surface area contributed by atoms with Crippen molar-refractivity contribution in [1.29, 1.82) is 0 Å². The highest BCUT2D eigenvalue weighted by Gasteiger charge is 2.29. The molecule has 0 heterocycles. The first-order valence-electron chi connectivity index (χ1n) is 8.14. The predicted octanol–water partition coefficient (Wildman–Crippen LogP) is 1.49. The maximum absolute atomic E-state index is 12.7. The lowest BCUT2D eigenvalue weighted by Gasteiger charge is -2.29. The fourth-order valence-electron chi connectivity index (χ4n) is 2.47. The Balaban J connectivity index is 2.26. The van der Waals surface area contributed by atoms with Gasteiger partial charge in [0.1, 0.15) is 0 Å². The predicted molar refractivity (Wildman–Crippen MR) is 94.3 cm³/mol. The van der Waals surface area contributed by atoms with Gasteiger partial charge in [-0.15, -0.1) is 0 Å². The van der Waals surface area contributed by atoms with E-state index in [1.54, 1.807) is 31.0 Å². The molecule has 0 unspecified atom stereocenters. The van der Waals surface area contributed by atoms with E-state index in [1.807, 2.05) is 13.8 Å². The van der Waals surface area contributed by atoms with Gasteiger partial charge in [0, 0.05) is 25.2 Å². The molecule has 0 saturated heterocycles. The van der Waals surface area contributed by atoms with Crippen LogP contribution in [0, 0.1) is 12.3 Å². The third kappa shape index (κ3) is 4.55. The molecule has 24 heavy (non-hydrogen) atoms. The Bertz CT molecular complexity index is 725. The molecule has 1 aromatic carbocycles. The third-order valence-electron chi connectivity index (χ3n) is 4.21. The van der Waals surface area contributed by atoms with Crippen molar-refractivity contribution in [2.75, 3.05) is 20.1 Å². The van der Waals surface area contributed by atoms with E-state index in [0.29, 0.717) is 18.7 Å². The molecule has 134 valence electrons.